The fourth-order valence-electron chi connectivity index (χ4n) is 6.49. The summed E-state index contributed by atoms with van der Waals surface area (Å²) in [4.78, 5) is 23.0. The second-order valence-corrected chi connectivity index (χ2v) is 23.0. The third-order valence-electron chi connectivity index (χ3n) is 8.41. The molecule has 0 radical (unpaired) electrons. The van der Waals surface area contributed by atoms with E-state index in [1.54, 1.807) is 20.5 Å². The van der Waals surface area contributed by atoms with Crippen molar-refractivity contribution < 1.29 is 0 Å². The minimum absolute atomic E-state index is 0.943. The topological polar surface area (TPSA) is 51.6 Å². The average Bonchev–Trinajstić information content (AvgIpc) is 3.68. The SMILES string of the molecule is [CH3][Ge]1([CH3])[c]2cc(-c3c4ccccc4cc4nccnc34)sc2-c2cc(-c3c4ccccc4cc4nccnc34)s[c]21. The average molecular weight is 623 g/mol. The second-order valence-electron chi connectivity index (χ2n) is 11.1. The van der Waals surface area contributed by atoms with Crippen LogP contribution >= 0.6 is 22.7 Å². The van der Waals surface area contributed by atoms with E-state index >= 15 is 0 Å². The zero-order valence-electron chi connectivity index (χ0n) is 22.3. The summed E-state index contributed by atoms with van der Waals surface area (Å²) in [5.41, 5.74) is 7.67. The van der Waals surface area contributed by atoms with Crippen LogP contribution in [0.15, 0.2) is 97.6 Å². The van der Waals surface area contributed by atoms with Crippen LogP contribution in [0.1, 0.15) is 0 Å². The van der Waals surface area contributed by atoms with Crippen LogP contribution in [0.2, 0.25) is 11.5 Å². The predicted octanol–water partition coefficient (Wildman–Crippen LogP) is 8.14. The van der Waals surface area contributed by atoms with Crippen molar-refractivity contribution in [3.63, 3.8) is 0 Å². The molecular weight excluding hydrogens is 601 g/mol. The summed E-state index contributed by atoms with van der Waals surface area (Å²) in [5.74, 6) is 5.09. The Balaban J connectivity index is 1.30. The van der Waals surface area contributed by atoms with E-state index in [0.29, 0.717) is 0 Å². The van der Waals surface area contributed by atoms with Gasteiger partial charge < -0.3 is 0 Å². The van der Waals surface area contributed by atoms with E-state index in [1.165, 1.54) is 52.9 Å². The van der Waals surface area contributed by atoms with Gasteiger partial charge >= 0.3 is 248 Å². The molecule has 1 aliphatic heterocycles. The van der Waals surface area contributed by atoms with Gasteiger partial charge in [0.2, 0.25) is 0 Å². The number of benzene rings is 4. The van der Waals surface area contributed by atoms with Crippen LogP contribution in [0.3, 0.4) is 0 Å². The Kier molecular flexibility index (Phi) is 4.92. The van der Waals surface area contributed by atoms with Crippen molar-refractivity contribution >= 4 is 87.7 Å². The standard InChI is InChI=1S/C34H22GeN4S2/c1-35(2)24-18-28(30-22-10-6-4-8-20(22)16-26-32(30)39-14-12-37-26)40-33(24)23-17-27(41-34(23)35)29-21-9-5-3-7-19(21)15-25-31(29)38-13-11-36-25/h3-18H,1-2H3. The van der Waals surface area contributed by atoms with Gasteiger partial charge in [0, 0.05) is 0 Å². The van der Waals surface area contributed by atoms with E-state index in [9.17, 15) is 0 Å². The van der Waals surface area contributed by atoms with Gasteiger partial charge in [-0.1, -0.05) is 0 Å². The van der Waals surface area contributed by atoms with Gasteiger partial charge in [-0.05, 0) is 0 Å². The number of fused-ring (bicyclic) bond motifs is 7. The van der Waals surface area contributed by atoms with E-state index in [2.05, 4.69) is 94.3 Å². The number of thiophene rings is 2. The second kappa shape index (κ2) is 8.52. The Morgan fingerprint density at radius 3 is 1.73 bits per heavy atom. The quantitative estimate of drug-likeness (QED) is 0.144. The number of hydrogen-bond donors (Lipinski definition) is 0. The normalized spacial score (nSPS) is 13.8. The van der Waals surface area contributed by atoms with Gasteiger partial charge in [-0.15, -0.1) is 0 Å². The molecule has 41 heavy (non-hydrogen) atoms. The Hall–Kier alpha value is -3.98. The fourth-order valence-corrected chi connectivity index (χ4v) is 18.7. The number of aromatic nitrogens is 4. The Labute approximate surface area is 246 Å². The molecule has 0 N–H and O–H groups in total. The van der Waals surface area contributed by atoms with Gasteiger partial charge in [0.05, 0.1) is 0 Å². The van der Waals surface area contributed by atoms with E-state index in [-0.39, 0.29) is 0 Å². The van der Waals surface area contributed by atoms with Crippen LogP contribution in [0.25, 0.3) is 74.9 Å². The first-order chi connectivity index (χ1) is 20.1. The summed E-state index contributed by atoms with van der Waals surface area (Å²) in [6.07, 6.45) is 7.19. The molecule has 0 saturated carbocycles. The van der Waals surface area contributed by atoms with Crippen LogP contribution in [0.5, 0.6) is 0 Å². The molecule has 0 bridgehead atoms. The maximum atomic E-state index is 4.82. The molecular formula is C34H22GeN4S2. The molecule has 0 aliphatic carbocycles. The van der Waals surface area contributed by atoms with Gasteiger partial charge in [-0.3, -0.25) is 0 Å². The van der Waals surface area contributed by atoms with Crippen LogP contribution < -0.4 is 8.11 Å². The Bertz CT molecular complexity index is 2100. The van der Waals surface area contributed by atoms with Crippen LogP contribution in [0.4, 0.5) is 0 Å². The molecule has 7 heteroatoms. The molecule has 4 aromatic heterocycles. The molecule has 0 spiro atoms. The Morgan fingerprint density at radius 2 is 1.12 bits per heavy atom. The monoisotopic (exact) mass is 624 g/mol. The molecule has 0 unspecified atom stereocenters. The van der Waals surface area contributed by atoms with Crippen molar-refractivity contribution in [2.75, 3.05) is 0 Å². The third kappa shape index (κ3) is 3.32. The van der Waals surface area contributed by atoms with E-state index in [1.807, 2.05) is 35.1 Å². The summed E-state index contributed by atoms with van der Waals surface area (Å²) >= 11 is 1.35. The first-order valence-corrected chi connectivity index (χ1v) is 21.6. The van der Waals surface area contributed by atoms with Crippen molar-refractivity contribution in [3.05, 3.63) is 97.6 Å². The molecule has 0 atom stereocenters. The van der Waals surface area contributed by atoms with E-state index in [4.69, 9.17) is 9.97 Å². The molecule has 4 nitrogen and oxygen atoms in total. The molecule has 0 saturated heterocycles. The minimum atomic E-state index is -2.55. The first-order valence-electron chi connectivity index (χ1n) is 13.6. The molecule has 1 aliphatic rings. The molecule has 0 fully saturated rings. The van der Waals surface area contributed by atoms with Crippen molar-refractivity contribution in [1.82, 2.24) is 19.9 Å². The summed E-state index contributed by atoms with van der Waals surface area (Å²) in [5, 5.41) is 4.87. The third-order valence-corrected chi connectivity index (χ3v) is 20.8. The van der Waals surface area contributed by atoms with Crippen molar-refractivity contribution in [2.24, 2.45) is 0 Å². The van der Waals surface area contributed by atoms with Crippen molar-refractivity contribution in [2.45, 2.75) is 11.5 Å². The van der Waals surface area contributed by atoms with E-state index in [0.717, 1.165) is 22.1 Å². The zero-order chi connectivity index (χ0) is 27.3. The summed E-state index contributed by atoms with van der Waals surface area (Å²) < 4.78 is 3.17. The molecule has 194 valence electrons. The number of rotatable bonds is 2. The van der Waals surface area contributed by atoms with Crippen molar-refractivity contribution in [1.29, 1.82) is 0 Å². The van der Waals surface area contributed by atoms with Gasteiger partial charge in [0.1, 0.15) is 0 Å². The van der Waals surface area contributed by atoms with Gasteiger partial charge in [-0.2, -0.15) is 0 Å². The summed E-state index contributed by atoms with van der Waals surface area (Å²) in [7, 11) is 0. The fraction of sp³-hybridized carbons (Fsp3) is 0.0588. The van der Waals surface area contributed by atoms with Crippen LogP contribution in [-0.4, -0.2) is 33.2 Å². The summed E-state index contributed by atoms with van der Waals surface area (Å²) in [6.45, 7) is 0. The predicted molar refractivity (Wildman–Crippen MR) is 176 cm³/mol. The van der Waals surface area contributed by atoms with E-state index < -0.39 is 13.3 Å². The van der Waals surface area contributed by atoms with Gasteiger partial charge in [0.25, 0.3) is 0 Å². The molecule has 5 heterocycles. The maximum absolute atomic E-state index is 4.82. The zero-order valence-corrected chi connectivity index (χ0v) is 26.1. The molecule has 9 rings (SSSR count). The van der Waals surface area contributed by atoms with Gasteiger partial charge in [0.15, 0.2) is 0 Å². The first kappa shape index (κ1) is 23.7. The Morgan fingerprint density at radius 1 is 0.585 bits per heavy atom. The molecule has 4 aromatic carbocycles. The molecule has 0 amide bonds. The van der Waals surface area contributed by atoms with Crippen LogP contribution in [-0.2, 0) is 0 Å². The number of nitrogens with zero attached hydrogens (tertiary/aromatic N) is 4. The van der Waals surface area contributed by atoms with Gasteiger partial charge in [-0.25, -0.2) is 0 Å². The number of hydrogen-bond acceptors (Lipinski definition) is 6. The molecule has 8 aromatic rings. The van der Waals surface area contributed by atoms with Crippen LogP contribution in [0, 0.1) is 0 Å². The summed E-state index contributed by atoms with van der Waals surface area (Å²) in [6, 6.07) is 26.5. The van der Waals surface area contributed by atoms with Crippen molar-refractivity contribution in [3.8, 4) is 31.3 Å².